The number of H-pyrrole nitrogens is 1. The van der Waals surface area contributed by atoms with E-state index in [0.717, 1.165) is 17.5 Å². The van der Waals surface area contributed by atoms with E-state index < -0.39 is 0 Å². The van der Waals surface area contributed by atoms with Crippen molar-refractivity contribution in [3.05, 3.63) is 100 Å². The molecule has 152 valence electrons. The average Bonchev–Trinajstić information content (AvgIpc) is 3.17. The zero-order valence-electron chi connectivity index (χ0n) is 16.2. The first-order valence-electron chi connectivity index (χ1n) is 9.70. The van der Waals surface area contributed by atoms with E-state index in [1.54, 1.807) is 23.1 Å². The van der Waals surface area contributed by atoms with Crippen LogP contribution >= 0.6 is 23.2 Å². The Morgan fingerprint density at radius 3 is 2.50 bits per heavy atom. The van der Waals surface area contributed by atoms with Gasteiger partial charge in [0.05, 0.1) is 10.0 Å². The van der Waals surface area contributed by atoms with Gasteiger partial charge in [-0.2, -0.15) is 0 Å². The van der Waals surface area contributed by atoms with Crippen LogP contribution in [0.15, 0.2) is 79.0 Å². The summed E-state index contributed by atoms with van der Waals surface area (Å²) in [4.78, 5) is 18.2. The molecule has 2 N–H and O–H groups in total. The van der Waals surface area contributed by atoms with Gasteiger partial charge < -0.3 is 15.2 Å². The van der Waals surface area contributed by atoms with Gasteiger partial charge in [0, 0.05) is 35.9 Å². The normalized spacial score (nSPS) is 10.9. The minimum absolute atomic E-state index is 0.183. The monoisotopic (exact) mass is 437 g/mol. The fraction of sp³-hybridized carbons (Fsp3) is 0.125. The van der Waals surface area contributed by atoms with Crippen LogP contribution in [0.2, 0.25) is 10.0 Å². The minimum atomic E-state index is -0.183. The molecule has 4 aromatic rings. The molecule has 4 nitrogen and oxygen atoms in total. The quantitative estimate of drug-likeness (QED) is 0.344. The molecule has 4 rings (SSSR count). The molecule has 6 heteroatoms. The highest BCUT2D eigenvalue weighted by Gasteiger charge is 2.16. The fourth-order valence-corrected chi connectivity index (χ4v) is 3.72. The van der Waals surface area contributed by atoms with Crippen molar-refractivity contribution in [3.8, 4) is 0 Å². The Kier molecular flexibility index (Phi) is 6.26. The molecule has 0 saturated carbocycles. The lowest BCUT2D eigenvalue weighted by atomic mass is 10.1. The molecule has 0 radical (unpaired) electrons. The standard InChI is InChI=1S/C24H21Cl2N3O/c25-21-11-10-19(14-22(21)26)28-24(30)29(16-17-6-2-1-3-7-17)13-12-18-15-27-23-9-5-4-8-20(18)23/h1-11,14-15,27H,12-13,16H2,(H,28,30). The Hall–Kier alpha value is -2.95. The van der Waals surface area contributed by atoms with Crippen molar-refractivity contribution in [2.45, 2.75) is 13.0 Å². The molecule has 0 bridgehead atoms. The van der Waals surface area contributed by atoms with Crippen LogP contribution < -0.4 is 5.32 Å². The topological polar surface area (TPSA) is 48.1 Å². The van der Waals surface area contributed by atoms with Crippen LogP contribution in [0.1, 0.15) is 11.1 Å². The molecule has 0 saturated heterocycles. The van der Waals surface area contributed by atoms with Crippen molar-refractivity contribution >= 4 is 45.8 Å². The number of aromatic nitrogens is 1. The second-order valence-electron chi connectivity index (χ2n) is 7.08. The number of urea groups is 1. The van der Waals surface area contributed by atoms with Gasteiger partial charge in [-0.15, -0.1) is 0 Å². The van der Waals surface area contributed by atoms with Crippen LogP contribution in [-0.4, -0.2) is 22.5 Å². The van der Waals surface area contributed by atoms with Gasteiger partial charge in [0.25, 0.3) is 0 Å². The van der Waals surface area contributed by atoms with E-state index in [1.807, 2.05) is 48.7 Å². The number of aromatic amines is 1. The number of hydrogen-bond acceptors (Lipinski definition) is 1. The molecule has 2 amide bonds. The number of carbonyl (C=O) groups is 1. The molecule has 0 spiro atoms. The summed E-state index contributed by atoms with van der Waals surface area (Å²) >= 11 is 12.1. The molecule has 1 aromatic heterocycles. The van der Waals surface area contributed by atoms with Gasteiger partial charge in [0.2, 0.25) is 0 Å². The number of halogens is 2. The number of nitrogens with zero attached hydrogens (tertiary/aromatic N) is 1. The van der Waals surface area contributed by atoms with E-state index in [9.17, 15) is 4.79 Å². The Morgan fingerprint density at radius 2 is 1.70 bits per heavy atom. The molecule has 0 unspecified atom stereocenters. The van der Waals surface area contributed by atoms with Crippen molar-refractivity contribution in [3.63, 3.8) is 0 Å². The van der Waals surface area contributed by atoms with E-state index >= 15 is 0 Å². The number of nitrogens with one attached hydrogen (secondary N) is 2. The predicted molar refractivity (Wildman–Crippen MR) is 124 cm³/mol. The van der Waals surface area contributed by atoms with Gasteiger partial charge in [-0.1, -0.05) is 71.7 Å². The molecule has 30 heavy (non-hydrogen) atoms. The Morgan fingerprint density at radius 1 is 0.933 bits per heavy atom. The van der Waals surface area contributed by atoms with Gasteiger partial charge in [-0.25, -0.2) is 4.79 Å². The van der Waals surface area contributed by atoms with Crippen molar-refractivity contribution in [2.75, 3.05) is 11.9 Å². The maximum absolute atomic E-state index is 13.1. The summed E-state index contributed by atoms with van der Waals surface area (Å²) in [6.07, 6.45) is 2.76. The summed E-state index contributed by atoms with van der Waals surface area (Å²) in [5.41, 5.74) is 3.97. The van der Waals surface area contributed by atoms with E-state index in [1.165, 1.54) is 10.9 Å². The summed E-state index contributed by atoms with van der Waals surface area (Å²) in [6.45, 7) is 1.08. The number of amides is 2. The van der Waals surface area contributed by atoms with Gasteiger partial charge >= 0.3 is 6.03 Å². The van der Waals surface area contributed by atoms with Gasteiger partial charge in [0.15, 0.2) is 0 Å². The minimum Gasteiger partial charge on any atom is -0.361 e. The Bertz CT molecular complexity index is 1160. The summed E-state index contributed by atoms with van der Waals surface area (Å²) in [5, 5.41) is 4.98. The predicted octanol–water partition coefficient (Wildman–Crippen LogP) is 6.75. The maximum atomic E-state index is 13.1. The van der Waals surface area contributed by atoms with Crippen LogP contribution in [0.5, 0.6) is 0 Å². The Labute approximate surface area is 185 Å². The second kappa shape index (κ2) is 9.24. The molecule has 0 aliphatic heterocycles. The highest BCUT2D eigenvalue weighted by molar-refractivity contribution is 6.42. The second-order valence-corrected chi connectivity index (χ2v) is 7.89. The van der Waals surface area contributed by atoms with Crippen molar-refractivity contribution in [1.29, 1.82) is 0 Å². The number of hydrogen-bond donors (Lipinski definition) is 2. The summed E-state index contributed by atoms with van der Waals surface area (Å²) in [6, 6.07) is 23.0. The zero-order valence-corrected chi connectivity index (χ0v) is 17.8. The number of anilines is 1. The first-order chi connectivity index (χ1) is 14.6. The summed E-state index contributed by atoms with van der Waals surface area (Å²) in [7, 11) is 0. The zero-order chi connectivity index (χ0) is 20.9. The van der Waals surface area contributed by atoms with E-state index in [4.69, 9.17) is 23.2 Å². The van der Waals surface area contributed by atoms with E-state index in [2.05, 4.69) is 22.4 Å². The molecule has 1 heterocycles. The number of para-hydroxylation sites is 1. The van der Waals surface area contributed by atoms with Crippen LogP contribution in [0.3, 0.4) is 0 Å². The van der Waals surface area contributed by atoms with Crippen molar-refractivity contribution < 1.29 is 4.79 Å². The first kappa shape index (κ1) is 20.3. The smallest absolute Gasteiger partial charge is 0.322 e. The Balaban J connectivity index is 1.52. The highest BCUT2D eigenvalue weighted by Crippen LogP contribution is 2.25. The SMILES string of the molecule is O=C(Nc1ccc(Cl)c(Cl)c1)N(CCc1c[nH]c2ccccc12)Cc1ccccc1. The summed E-state index contributed by atoms with van der Waals surface area (Å²) in [5.74, 6) is 0. The number of fused-ring (bicyclic) bond motifs is 1. The average molecular weight is 438 g/mol. The van der Waals surface area contributed by atoms with Gasteiger partial charge in [-0.3, -0.25) is 0 Å². The lowest BCUT2D eigenvalue weighted by Crippen LogP contribution is -2.36. The highest BCUT2D eigenvalue weighted by atomic mass is 35.5. The number of benzene rings is 3. The fourth-order valence-electron chi connectivity index (χ4n) is 3.43. The lowest BCUT2D eigenvalue weighted by Gasteiger charge is -2.23. The summed E-state index contributed by atoms with van der Waals surface area (Å²) < 4.78 is 0. The first-order valence-corrected chi connectivity index (χ1v) is 10.5. The lowest BCUT2D eigenvalue weighted by molar-refractivity contribution is 0.210. The third kappa shape index (κ3) is 4.78. The van der Waals surface area contributed by atoms with Gasteiger partial charge in [-0.05, 0) is 41.8 Å². The molecule has 0 aliphatic carbocycles. The van der Waals surface area contributed by atoms with E-state index in [0.29, 0.717) is 28.8 Å². The van der Waals surface area contributed by atoms with E-state index in [-0.39, 0.29) is 6.03 Å². The van der Waals surface area contributed by atoms with Crippen LogP contribution in [0.25, 0.3) is 10.9 Å². The maximum Gasteiger partial charge on any atom is 0.322 e. The largest absolute Gasteiger partial charge is 0.361 e. The van der Waals surface area contributed by atoms with Crippen molar-refractivity contribution in [2.24, 2.45) is 0 Å². The molecule has 0 fully saturated rings. The third-order valence-electron chi connectivity index (χ3n) is 5.00. The third-order valence-corrected chi connectivity index (χ3v) is 5.74. The van der Waals surface area contributed by atoms with Gasteiger partial charge in [0.1, 0.15) is 0 Å². The van der Waals surface area contributed by atoms with Crippen LogP contribution in [0, 0.1) is 0 Å². The van der Waals surface area contributed by atoms with Crippen LogP contribution in [-0.2, 0) is 13.0 Å². The number of carbonyl (C=O) groups excluding carboxylic acids is 1. The van der Waals surface area contributed by atoms with Crippen LogP contribution in [0.4, 0.5) is 10.5 Å². The molecular formula is C24H21Cl2N3O. The molecule has 3 aromatic carbocycles. The van der Waals surface area contributed by atoms with Crippen molar-refractivity contribution in [1.82, 2.24) is 9.88 Å². The molecule has 0 atom stereocenters. The molecular weight excluding hydrogens is 417 g/mol. The molecule has 0 aliphatic rings. The number of rotatable bonds is 6.